The van der Waals surface area contributed by atoms with E-state index in [1.54, 1.807) is 30.3 Å². The van der Waals surface area contributed by atoms with Crippen LogP contribution in [0.3, 0.4) is 0 Å². The van der Waals surface area contributed by atoms with Crippen LogP contribution in [0, 0.1) is 13.8 Å². The summed E-state index contributed by atoms with van der Waals surface area (Å²) in [5.74, 6) is 0. The molecule has 0 aromatic heterocycles. The molecule has 104 valence electrons. The van der Waals surface area contributed by atoms with Crippen LogP contribution in [0.25, 0.3) is 0 Å². The molecule has 0 amide bonds. The Morgan fingerprint density at radius 1 is 0.850 bits per heavy atom. The van der Waals surface area contributed by atoms with Crippen molar-refractivity contribution in [2.24, 2.45) is 0 Å². The second-order valence-corrected chi connectivity index (χ2v) is 6.75. The molecular weight excluding hydrogens is 268 g/mol. The van der Waals surface area contributed by atoms with Gasteiger partial charge in [-0.05, 0) is 38.0 Å². The molecule has 3 heteroatoms. The molecule has 0 bridgehead atoms. The van der Waals surface area contributed by atoms with Gasteiger partial charge in [-0.3, -0.25) is 0 Å². The Kier molecular flexibility index (Phi) is 4.40. The fourth-order valence-corrected chi connectivity index (χ4v) is 2.86. The zero-order chi connectivity index (χ0) is 14.6. The molecule has 0 N–H and O–H groups in total. The molecule has 0 aliphatic heterocycles. The van der Waals surface area contributed by atoms with Gasteiger partial charge in [0, 0.05) is 5.41 Å². The van der Waals surface area contributed by atoms with Crippen molar-refractivity contribution in [1.29, 1.82) is 0 Å². The molecule has 20 heavy (non-hydrogen) atoms. The maximum atomic E-state index is 12.1. The summed E-state index contributed by atoms with van der Waals surface area (Å²) in [6.45, 7) is 3.96. The predicted molar refractivity (Wildman–Crippen MR) is 82.4 cm³/mol. The first kappa shape index (κ1) is 14.5. The van der Waals surface area contributed by atoms with E-state index in [0.717, 1.165) is 11.1 Å². The van der Waals surface area contributed by atoms with Gasteiger partial charge >= 0.3 is 0 Å². The summed E-state index contributed by atoms with van der Waals surface area (Å²) in [6.07, 6.45) is 2.31. The monoisotopic (exact) mass is 286 g/mol. The maximum absolute atomic E-state index is 12.1. The Morgan fingerprint density at radius 2 is 1.35 bits per heavy atom. The maximum Gasteiger partial charge on any atom is 0.199 e. The Bertz CT molecular complexity index is 694. The molecular formula is C17H18O2S. The van der Waals surface area contributed by atoms with Gasteiger partial charge in [0.2, 0.25) is 0 Å². The Labute approximate surface area is 120 Å². The van der Waals surface area contributed by atoms with E-state index >= 15 is 0 Å². The van der Waals surface area contributed by atoms with Crippen LogP contribution in [0.2, 0.25) is 0 Å². The van der Waals surface area contributed by atoms with E-state index in [9.17, 15) is 8.42 Å². The first-order valence-electron chi connectivity index (χ1n) is 6.51. The highest BCUT2D eigenvalue weighted by Gasteiger charge is 2.08. The van der Waals surface area contributed by atoms with Crippen LogP contribution in [0.15, 0.2) is 64.9 Å². The van der Waals surface area contributed by atoms with E-state index in [1.807, 2.05) is 38.1 Å². The number of aryl methyl sites for hydroxylation is 2. The highest BCUT2D eigenvalue weighted by Crippen LogP contribution is 2.13. The molecule has 0 aliphatic rings. The summed E-state index contributed by atoms with van der Waals surface area (Å²) in [4.78, 5) is 0.336. The number of benzene rings is 2. The quantitative estimate of drug-likeness (QED) is 0.856. The van der Waals surface area contributed by atoms with Crippen molar-refractivity contribution < 1.29 is 8.42 Å². The van der Waals surface area contributed by atoms with Gasteiger partial charge < -0.3 is 0 Å². The lowest BCUT2D eigenvalue weighted by Gasteiger charge is -2.00. The molecule has 2 nitrogen and oxygen atoms in total. The third-order valence-corrected chi connectivity index (χ3v) is 4.58. The fraction of sp³-hybridized carbons (Fsp3) is 0.176. The first-order valence-corrected chi connectivity index (χ1v) is 8.06. The lowest BCUT2D eigenvalue weighted by atomic mass is 10.1. The SMILES string of the molecule is Cc1ccc(C/C=C/S(=O)(=O)c2ccc(C)cc2)cc1. The van der Waals surface area contributed by atoms with Gasteiger partial charge in [-0.15, -0.1) is 0 Å². The number of hydrogen-bond acceptors (Lipinski definition) is 2. The van der Waals surface area contributed by atoms with Gasteiger partial charge in [0.05, 0.1) is 4.90 Å². The van der Waals surface area contributed by atoms with Crippen LogP contribution in [0.5, 0.6) is 0 Å². The van der Waals surface area contributed by atoms with E-state index < -0.39 is 9.84 Å². The second kappa shape index (κ2) is 6.06. The molecule has 0 saturated heterocycles. The highest BCUT2D eigenvalue weighted by atomic mass is 32.2. The lowest BCUT2D eigenvalue weighted by molar-refractivity contribution is 0.604. The van der Waals surface area contributed by atoms with E-state index in [0.29, 0.717) is 11.3 Å². The zero-order valence-electron chi connectivity index (χ0n) is 11.7. The summed E-state index contributed by atoms with van der Waals surface area (Å²) >= 11 is 0. The topological polar surface area (TPSA) is 34.1 Å². The van der Waals surface area contributed by atoms with E-state index in [2.05, 4.69) is 0 Å². The zero-order valence-corrected chi connectivity index (χ0v) is 12.5. The molecule has 0 spiro atoms. The van der Waals surface area contributed by atoms with Gasteiger partial charge in [-0.25, -0.2) is 8.42 Å². The Hall–Kier alpha value is -1.87. The Morgan fingerprint density at radius 3 is 1.90 bits per heavy atom. The summed E-state index contributed by atoms with van der Waals surface area (Å²) in [5.41, 5.74) is 3.35. The van der Waals surface area contributed by atoms with Crippen molar-refractivity contribution in [3.63, 3.8) is 0 Å². The van der Waals surface area contributed by atoms with Crippen LogP contribution in [0.4, 0.5) is 0 Å². The second-order valence-electron chi connectivity index (χ2n) is 4.92. The summed E-state index contributed by atoms with van der Waals surface area (Å²) in [6, 6.07) is 15.0. The van der Waals surface area contributed by atoms with Crippen molar-refractivity contribution in [2.75, 3.05) is 0 Å². The van der Waals surface area contributed by atoms with E-state index in [-0.39, 0.29) is 0 Å². The van der Waals surface area contributed by atoms with Crippen LogP contribution < -0.4 is 0 Å². The minimum atomic E-state index is -3.34. The number of sulfone groups is 1. The smallest absolute Gasteiger partial charge is 0.199 e. The molecule has 0 heterocycles. The first-order chi connectivity index (χ1) is 9.47. The van der Waals surface area contributed by atoms with Gasteiger partial charge in [0.15, 0.2) is 9.84 Å². The van der Waals surface area contributed by atoms with Crippen LogP contribution >= 0.6 is 0 Å². The predicted octanol–water partition coefficient (Wildman–Crippen LogP) is 3.83. The average Bonchev–Trinajstić information content (AvgIpc) is 2.41. The van der Waals surface area contributed by atoms with Crippen molar-refractivity contribution in [1.82, 2.24) is 0 Å². The number of allylic oxidation sites excluding steroid dienone is 1. The van der Waals surface area contributed by atoms with Gasteiger partial charge in [-0.1, -0.05) is 53.6 Å². The number of hydrogen-bond donors (Lipinski definition) is 0. The molecule has 2 rings (SSSR count). The van der Waals surface area contributed by atoms with Gasteiger partial charge in [-0.2, -0.15) is 0 Å². The third-order valence-electron chi connectivity index (χ3n) is 3.10. The summed E-state index contributed by atoms with van der Waals surface area (Å²) < 4.78 is 24.2. The molecule has 0 saturated carbocycles. The highest BCUT2D eigenvalue weighted by molar-refractivity contribution is 7.94. The van der Waals surface area contributed by atoms with Crippen molar-refractivity contribution in [3.05, 3.63) is 76.7 Å². The standard InChI is InChI=1S/C17H18O2S/c1-14-5-9-16(10-6-14)4-3-13-20(18,19)17-11-7-15(2)8-12-17/h3,5-13H,4H2,1-2H3/b13-3+. The average molecular weight is 286 g/mol. The van der Waals surface area contributed by atoms with E-state index in [4.69, 9.17) is 0 Å². The van der Waals surface area contributed by atoms with Crippen LogP contribution in [-0.4, -0.2) is 8.42 Å². The molecule has 0 atom stereocenters. The molecule has 2 aromatic rings. The van der Waals surface area contributed by atoms with Crippen LogP contribution in [0.1, 0.15) is 16.7 Å². The van der Waals surface area contributed by atoms with Gasteiger partial charge in [0.1, 0.15) is 0 Å². The van der Waals surface area contributed by atoms with Crippen molar-refractivity contribution in [2.45, 2.75) is 25.2 Å². The molecule has 0 radical (unpaired) electrons. The van der Waals surface area contributed by atoms with Crippen molar-refractivity contribution >= 4 is 9.84 Å². The van der Waals surface area contributed by atoms with E-state index in [1.165, 1.54) is 11.0 Å². The Balaban J connectivity index is 2.10. The minimum absolute atomic E-state index is 0.336. The summed E-state index contributed by atoms with van der Waals surface area (Å²) in [7, 11) is -3.34. The lowest BCUT2D eigenvalue weighted by Crippen LogP contribution is -1.96. The molecule has 0 unspecified atom stereocenters. The third kappa shape index (κ3) is 3.81. The van der Waals surface area contributed by atoms with Crippen molar-refractivity contribution in [3.8, 4) is 0 Å². The number of rotatable bonds is 4. The largest absolute Gasteiger partial charge is 0.219 e. The molecule has 0 fully saturated rings. The summed E-state index contributed by atoms with van der Waals surface area (Å²) in [5, 5.41) is 1.29. The normalized spacial score (nSPS) is 11.9. The molecule has 2 aromatic carbocycles. The van der Waals surface area contributed by atoms with Crippen LogP contribution in [-0.2, 0) is 16.3 Å². The fourth-order valence-electron chi connectivity index (χ4n) is 1.84. The van der Waals surface area contributed by atoms with Gasteiger partial charge in [0.25, 0.3) is 0 Å². The minimum Gasteiger partial charge on any atom is -0.219 e. The molecule has 0 aliphatic carbocycles.